The van der Waals surface area contributed by atoms with E-state index in [1.54, 1.807) is 24.3 Å². The molecule has 0 fully saturated rings. The summed E-state index contributed by atoms with van der Waals surface area (Å²) in [7, 11) is 0. The van der Waals surface area contributed by atoms with Crippen LogP contribution in [0.3, 0.4) is 0 Å². The number of phenols is 1. The molecular formula is C16H13BrO5. The zero-order valence-electron chi connectivity index (χ0n) is 11.5. The van der Waals surface area contributed by atoms with Gasteiger partial charge in [0.1, 0.15) is 34.7 Å². The smallest absolute Gasteiger partial charge is 0.204 e. The van der Waals surface area contributed by atoms with Gasteiger partial charge in [0.25, 0.3) is 0 Å². The van der Waals surface area contributed by atoms with Crippen molar-refractivity contribution in [2.24, 2.45) is 0 Å². The van der Waals surface area contributed by atoms with Gasteiger partial charge in [-0.2, -0.15) is 0 Å². The number of aromatic hydroxyl groups is 1. The maximum Gasteiger partial charge on any atom is 0.204 e. The molecule has 114 valence electrons. The van der Waals surface area contributed by atoms with Gasteiger partial charge in [-0.05, 0) is 12.1 Å². The molecule has 0 aliphatic heterocycles. The molecule has 0 saturated heterocycles. The number of halogens is 1. The molecule has 6 heteroatoms. The summed E-state index contributed by atoms with van der Waals surface area (Å²) in [5.41, 5.74) is 0.394. The van der Waals surface area contributed by atoms with Crippen LogP contribution in [0.1, 0.15) is 0 Å². The van der Waals surface area contributed by atoms with E-state index < -0.39 is 6.10 Å². The van der Waals surface area contributed by atoms with Gasteiger partial charge >= 0.3 is 0 Å². The Bertz CT molecular complexity index is 887. The van der Waals surface area contributed by atoms with Gasteiger partial charge in [0, 0.05) is 17.5 Å². The summed E-state index contributed by atoms with van der Waals surface area (Å²) in [6.07, 6.45) is -0.665. The van der Waals surface area contributed by atoms with Crippen molar-refractivity contribution in [3.05, 3.63) is 46.6 Å². The Morgan fingerprint density at radius 1 is 1.23 bits per heavy atom. The van der Waals surface area contributed by atoms with Gasteiger partial charge in [-0.1, -0.05) is 28.1 Å². The van der Waals surface area contributed by atoms with Crippen LogP contribution in [-0.4, -0.2) is 28.3 Å². The molecular weight excluding hydrogens is 352 g/mol. The molecule has 1 heterocycles. The van der Waals surface area contributed by atoms with Gasteiger partial charge < -0.3 is 19.4 Å². The average molecular weight is 365 g/mol. The Balaban J connectivity index is 2.13. The Kier molecular flexibility index (Phi) is 4.04. The third-order valence-electron chi connectivity index (χ3n) is 3.25. The van der Waals surface area contributed by atoms with Crippen molar-refractivity contribution < 1.29 is 19.4 Å². The van der Waals surface area contributed by atoms with Crippen molar-refractivity contribution >= 4 is 37.9 Å². The van der Waals surface area contributed by atoms with Gasteiger partial charge in [0.15, 0.2) is 0 Å². The fraction of sp³-hybridized carbons (Fsp3) is 0.188. The number of para-hydroxylation sites is 1. The maximum absolute atomic E-state index is 12.4. The number of alkyl halides is 1. The van der Waals surface area contributed by atoms with Crippen molar-refractivity contribution in [3.8, 4) is 11.5 Å². The molecule has 0 radical (unpaired) electrons. The summed E-state index contributed by atoms with van der Waals surface area (Å²) < 4.78 is 11.1. The highest BCUT2D eigenvalue weighted by Crippen LogP contribution is 2.30. The number of aliphatic hydroxyl groups is 1. The number of phenolic OH excluding ortho intramolecular Hbond substituents is 1. The number of hydrogen-bond acceptors (Lipinski definition) is 5. The highest BCUT2D eigenvalue weighted by atomic mass is 79.9. The van der Waals surface area contributed by atoms with E-state index in [-0.39, 0.29) is 28.8 Å². The van der Waals surface area contributed by atoms with E-state index in [2.05, 4.69) is 15.9 Å². The Labute approximate surface area is 133 Å². The molecule has 0 aliphatic carbocycles. The summed E-state index contributed by atoms with van der Waals surface area (Å²) in [6.45, 7) is 0.0635. The molecule has 1 aromatic heterocycles. The van der Waals surface area contributed by atoms with Crippen molar-refractivity contribution in [1.82, 2.24) is 0 Å². The quantitative estimate of drug-likeness (QED) is 0.549. The lowest BCUT2D eigenvalue weighted by Gasteiger charge is -2.11. The molecule has 0 saturated carbocycles. The third-order valence-corrected chi connectivity index (χ3v) is 4.00. The first kappa shape index (κ1) is 14.9. The number of fused-ring (bicyclic) bond motifs is 2. The Morgan fingerprint density at radius 3 is 2.77 bits per heavy atom. The fourth-order valence-electron chi connectivity index (χ4n) is 2.20. The number of rotatable bonds is 4. The van der Waals surface area contributed by atoms with E-state index in [4.69, 9.17) is 9.15 Å². The fourth-order valence-corrected chi connectivity index (χ4v) is 2.39. The standard InChI is InChI=1S/C16H13BrO5/c17-7-9(18)8-21-10-5-12(19)15-14(6-10)22-13-4-2-1-3-11(13)16(15)20/h1-6,9,18-19H,7-8H2. The predicted molar refractivity (Wildman–Crippen MR) is 87.0 cm³/mol. The molecule has 2 aromatic carbocycles. The monoisotopic (exact) mass is 364 g/mol. The van der Waals surface area contributed by atoms with E-state index in [0.717, 1.165) is 0 Å². The van der Waals surface area contributed by atoms with Crippen LogP contribution < -0.4 is 10.2 Å². The highest BCUT2D eigenvalue weighted by Gasteiger charge is 2.14. The Hall–Kier alpha value is -2.05. The summed E-state index contributed by atoms with van der Waals surface area (Å²) in [6, 6.07) is 9.72. The highest BCUT2D eigenvalue weighted by molar-refractivity contribution is 9.09. The molecule has 5 nitrogen and oxygen atoms in total. The molecule has 22 heavy (non-hydrogen) atoms. The van der Waals surface area contributed by atoms with Crippen LogP contribution in [0.15, 0.2) is 45.6 Å². The second-order valence-electron chi connectivity index (χ2n) is 4.86. The largest absolute Gasteiger partial charge is 0.507 e. The first-order valence-corrected chi connectivity index (χ1v) is 7.77. The van der Waals surface area contributed by atoms with Crippen LogP contribution in [0.5, 0.6) is 11.5 Å². The lowest BCUT2D eigenvalue weighted by atomic mass is 10.1. The van der Waals surface area contributed by atoms with E-state index in [1.165, 1.54) is 12.1 Å². The lowest BCUT2D eigenvalue weighted by molar-refractivity contribution is 0.127. The summed E-state index contributed by atoms with van der Waals surface area (Å²) in [5, 5.41) is 20.5. The topological polar surface area (TPSA) is 79.9 Å². The van der Waals surface area contributed by atoms with Crippen LogP contribution in [0, 0.1) is 0 Å². The zero-order chi connectivity index (χ0) is 15.7. The van der Waals surface area contributed by atoms with Crippen LogP contribution in [0.2, 0.25) is 0 Å². The molecule has 3 rings (SSSR count). The summed E-state index contributed by atoms with van der Waals surface area (Å²) in [4.78, 5) is 12.4. The van der Waals surface area contributed by atoms with Gasteiger partial charge in [-0.25, -0.2) is 0 Å². The molecule has 0 aliphatic rings. The zero-order valence-corrected chi connectivity index (χ0v) is 13.0. The average Bonchev–Trinajstić information content (AvgIpc) is 2.52. The van der Waals surface area contributed by atoms with E-state index in [1.807, 2.05) is 0 Å². The number of benzene rings is 2. The van der Waals surface area contributed by atoms with Gasteiger partial charge in [0.05, 0.1) is 11.5 Å². The second kappa shape index (κ2) is 5.98. The molecule has 3 aromatic rings. The minimum Gasteiger partial charge on any atom is -0.507 e. The van der Waals surface area contributed by atoms with Gasteiger partial charge in [-0.3, -0.25) is 4.79 Å². The predicted octanol–water partition coefficient (Wildman–Crippen LogP) is 2.79. The second-order valence-corrected chi connectivity index (χ2v) is 5.51. The van der Waals surface area contributed by atoms with E-state index in [0.29, 0.717) is 22.0 Å². The minimum absolute atomic E-state index is 0.0635. The number of aliphatic hydroxyl groups excluding tert-OH is 1. The van der Waals surface area contributed by atoms with E-state index >= 15 is 0 Å². The SMILES string of the molecule is O=c1c2ccccc2oc2cc(OCC(O)CBr)cc(O)c12. The summed E-state index contributed by atoms with van der Waals surface area (Å²) in [5.74, 6) is 0.115. The molecule has 0 bridgehead atoms. The van der Waals surface area contributed by atoms with Crippen molar-refractivity contribution in [1.29, 1.82) is 0 Å². The van der Waals surface area contributed by atoms with Crippen molar-refractivity contribution in [2.45, 2.75) is 6.10 Å². The van der Waals surface area contributed by atoms with Crippen LogP contribution in [0.25, 0.3) is 21.9 Å². The van der Waals surface area contributed by atoms with Gasteiger partial charge in [-0.15, -0.1) is 0 Å². The molecule has 2 N–H and O–H groups in total. The van der Waals surface area contributed by atoms with Crippen LogP contribution in [-0.2, 0) is 0 Å². The molecule has 0 spiro atoms. The first-order chi connectivity index (χ1) is 10.6. The van der Waals surface area contributed by atoms with Crippen molar-refractivity contribution in [3.63, 3.8) is 0 Å². The Morgan fingerprint density at radius 2 is 2.00 bits per heavy atom. The van der Waals surface area contributed by atoms with E-state index in [9.17, 15) is 15.0 Å². The summed E-state index contributed by atoms with van der Waals surface area (Å²) >= 11 is 3.14. The van der Waals surface area contributed by atoms with Crippen molar-refractivity contribution in [2.75, 3.05) is 11.9 Å². The normalized spacial score (nSPS) is 12.6. The third kappa shape index (κ3) is 2.67. The first-order valence-electron chi connectivity index (χ1n) is 6.65. The van der Waals surface area contributed by atoms with Crippen LogP contribution >= 0.6 is 15.9 Å². The molecule has 1 atom stereocenters. The van der Waals surface area contributed by atoms with Gasteiger partial charge in [0.2, 0.25) is 5.43 Å². The number of ether oxygens (including phenoxy) is 1. The maximum atomic E-state index is 12.4. The number of hydrogen-bond donors (Lipinski definition) is 2. The molecule has 1 unspecified atom stereocenters. The molecule has 0 amide bonds. The minimum atomic E-state index is -0.665. The lowest BCUT2D eigenvalue weighted by Crippen LogP contribution is -2.18. The van der Waals surface area contributed by atoms with Crippen LogP contribution in [0.4, 0.5) is 0 Å².